The van der Waals surface area contributed by atoms with Gasteiger partial charge in [0.25, 0.3) is 0 Å². The number of aryl methyl sites for hydroxylation is 2. The summed E-state index contributed by atoms with van der Waals surface area (Å²) in [5.74, 6) is 0.762. The van der Waals surface area contributed by atoms with Gasteiger partial charge in [0.1, 0.15) is 11.5 Å². The van der Waals surface area contributed by atoms with Crippen LogP contribution >= 0.6 is 0 Å². The quantitative estimate of drug-likeness (QED) is 0.718. The lowest BCUT2D eigenvalue weighted by Gasteiger charge is -1.96. The first-order valence-electron chi connectivity index (χ1n) is 4.45. The maximum absolute atomic E-state index is 5.90. The maximum atomic E-state index is 5.90. The van der Waals surface area contributed by atoms with Gasteiger partial charge in [0, 0.05) is 6.20 Å². The monoisotopic (exact) mass is 175 g/mol. The second kappa shape index (κ2) is 2.76. The molecular weight excluding hydrogens is 162 g/mol. The summed E-state index contributed by atoms with van der Waals surface area (Å²) in [4.78, 5) is 4.43. The Bertz CT molecular complexity index is 443. The Morgan fingerprint density at radius 3 is 3.00 bits per heavy atom. The van der Waals surface area contributed by atoms with E-state index in [0.29, 0.717) is 0 Å². The van der Waals surface area contributed by atoms with Crippen molar-refractivity contribution in [2.75, 3.05) is 5.73 Å². The summed E-state index contributed by atoms with van der Waals surface area (Å²) in [6, 6.07) is 4.07. The van der Waals surface area contributed by atoms with Gasteiger partial charge in [-0.2, -0.15) is 0 Å². The molecule has 2 N–H and O–H groups in total. The number of anilines is 1. The molecule has 0 unspecified atom stereocenters. The number of imidazole rings is 1. The van der Waals surface area contributed by atoms with Crippen molar-refractivity contribution in [2.45, 2.75) is 20.3 Å². The topological polar surface area (TPSA) is 43.3 Å². The van der Waals surface area contributed by atoms with Gasteiger partial charge < -0.3 is 5.73 Å². The summed E-state index contributed by atoms with van der Waals surface area (Å²) >= 11 is 0. The minimum Gasteiger partial charge on any atom is -0.383 e. The maximum Gasteiger partial charge on any atom is 0.138 e. The number of hydrogen-bond acceptors (Lipinski definition) is 2. The van der Waals surface area contributed by atoms with Crippen molar-refractivity contribution >= 4 is 11.5 Å². The third-order valence-corrected chi connectivity index (χ3v) is 2.23. The average molecular weight is 175 g/mol. The lowest BCUT2D eigenvalue weighted by Crippen LogP contribution is -1.95. The molecule has 0 fully saturated rings. The third kappa shape index (κ3) is 1.16. The minimum atomic E-state index is 0.762. The first-order chi connectivity index (χ1) is 6.22. The Kier molecular flexibility index (Phi) is 1.72. The van der Waals surface area contributed by atoms with Crippen molar-refractivity contribution in [3.05, 3.63) is 29.6 Å². The number of fused-ring (bicyclic) bond motifs is 1. The van der Waals surface area contributed by atoms with E-state index >= 15 is 0 Å². The molecule has 3 nitrogen and oxygen atoms in total. The molecule has 68 valence electrons. The molecule has 0 atom stereocenters. The fourth-order valence-electron chi connectivity index (χ4n) is 1.47. The molecule has 2 heterocycles. The third-order valence-electron chi connectivity index (χ3n) is 2.23. The Balaban J connectivity index is 2.76. The van der Waals surface area contributed by atoms with Crippen LogP contribution in [0.15, 0.2) is 18.3 Å². The van der Waals surface area contributed by atoms with Crippen LogP contribution in [0.3, 0.4) is 0 Å². The Labute approximate surface area is 77.2 Å². The van der Waals surface area contributed by atoms with E-state index in [1.165, 1.54) is 5.56 Å². The second-order valence-corrected chi connectivity index (χ2v) is 3.23. The van der Waals surface area contributed by atoms with Gasteiger partial charge in [0.2, 0.25) is 0 Å². The molecule has 2 rings (SSSR count). The van der Waals surface area contributed by atoms with Crippen LogP contribution in [0.5, 0.6) is 0 Å². The fourth-order valence-corrected chi connectivity index (χ4v) is 1.47. The molecule has 0 amide bonds. The zero-order valence-corrected chi connectivity index (χ0v) is 7.91. The molecule has 0 radical (unpaired) electrons. The molecule has 2 aromatic heterocycles. The number of aromatic nitrogens is 2. The van der Waals surface area contributed by atoms with Crippen LogP contribution in [-0.2, 0) is 6.42 Å². The standard InChI is InChI=1S/C10H13N3/c1-3-8-10(11)13-5-4-7(2)6-9(13)12-8/h4-6H,3,11H2,1-2H3. The van der Waals surface area contributed by atoms with Gasteiger partial charge in [0.05, 0.1) is 5.69 Å². The summed E-state index contributed by atoms with van der Waals surface area (Å²) in [5.41, 5.74) is 9.03. The predicted octanol–water partition coefficient (Wildman–Crippen LogP) is 1.79. The molecule has 0 aliphatic carbocycles. The Morgan fingerprint density at radius 1 is 1.54 bits per heavy atom. The fraction of sp³-hybridized carbons (Fsp3) is 0.300. The number of hydrogen-bond donors (Lipinski definition) is 1. The largest absolute Gasteiger partial charge is 0.383 e. The predicted molar refractivity (Wildman–Crippen MR) is 53.7 cm³/mol. The van der Waals surface area contributed by atoms with Crippen LogP contribution in [0, 0.1) is 6.92 Å². The van der Waals surface area contributed by atoms with Crippen LogP contribution in [0.4, 0.5) is 5.82 Å². The van der Waals surface area contributed by atoms with Gasteiger partial charge in [-0.05, 0) is 31.0 Å². The van der Waals surface area contributed by atoms with Crippen molar-refractivity contribution in [1.29, 1.82) is 0 Å². The highest BCUT2D eigenvalue weighted by atomic mass is 15.1. The second-order valence-electron chi connectivity index (χ2n) is 3.23. The highest BCUT2D eigenvalue weighted by Crippen LogP contribution is 2.15. The van der Waals surface area contributed by atoms with Crippen molar-refractivity contribution in [2.24, 2.45) is 0 Å². The minimum absolute atomic E-state index is 0.762. The van der Waals surface area contributed by atoms with Crippen molar-refractivity contribution in [3.8, 4) is 0 Å². The lowest BCUT2D eigenvalue weighted by molar-refractivity contribution is 1.07. The highest BCUT2D eigenvalue weighted by molar-refractivity contribution is 5.53. The number of nitrogens with two attached hydrogens (primary N) is 1. The molecule has 0 aliphatic rings. The van der Waals surface area contributed by atoms with E-state index in [0.717, 1.165) is 23.6 Å². The van der Waals surface area contributed by atoms with Crippen molar-refractivity contribution in [3.63, 3.8) is 0 Å². The van der Waals surface area contributed by atoms with Crippen molar-refractivity contribution < 1.29 is 0 Å². The van der Waals surface area contributed by atoms with E-state index in [4.69, 9.17) is 5.73 Å². The Hall–Kier alpha value is -1.51. The first-order valence-corrected chi connectivity index (χ1v) is 4.45. The summed E-state index contributed by atoms with van der Waals surface area (Å²) in [5, 5.41) is 0. The molecule has 0 aliphatic heterocycles. The average Bonchev–Trinajstić information content (AvgIpc) is 2.42. The zero-order chi connectivity index (χ0) is 9.42. The molecule has 0 saturated carbocycles. The molecule has 3 heteroatoms. The van der Waals surface area contributed by atoms with Gasteiger partial charge in [-0.15, -0.1) is 0 Å². The van der Waals surface area contributed by atoms with E-state index in [1.807, 2.05) is 22.7 Å². The number of nitrogen functional groups attached to an aromatic ring is 1. The number of pyridine rings is 1. The molecule has 0 saturated heterocycles. The van der Waals surface area contributed by atoms with Gasteiger partial charge in [-0.3, -0.25) is 4.40 Å². The summed E-state index contributed by atoms with van der Waals surface area (Å²) in [6.07, 6.45) is 2.85. The molecule has 0 spiro atoms. The van der Waals surface area contributed by atoms with Gasteiger partial charge >= 0.3 is 0 Å². The van der Waals surface area contributed by atoms with Crippen LogP contribution < -0.4 is 5.73 Å². The summed E-state index contributed by atoms with van der Waals surface area (Å²) < 4.78 is 1.92. The van der Waals surface area contributed by atoms with Gasteiger partial charge in [0.15, 0.2) is 0 Å². The van der Waals surface area contributed by atoms with E-state index in [9.17, 15) is 0 Å². The van der Waals surface area contributed by atoms with Crippen LogP contribution in [0.2, 0.25) is 0 Å². The van der Waals surface area contributed by atoms with Crippen LogP contribution in [-0.4, -0.2) is 9.38 Å². The van der Waals surface area contributed by atoms with E-state index in [2.05, 4.69) is 18.8 Å². The highest BCUT2D eigenvalue weighted by Gasteiger charge is 2.05. The van der Waals surface area contributed by atoms with Gasteiger partial charge in [-0.25, -0.2) is 4.98 Å². The number of rotatable bonds is 1. The summed E-state index contributed by atoms with van der Waals surface area (Å²) in [7, 11) is 0. The molecule has 0 bridgehead atoms. The van der Waals surface area contributed by atoms with Crippen LogP contribution in [0.1, 0.15) is 18.2 Å². The van der Waals surface area contributed by atoms with E-state index in [1.54, 1.807) is 0 Å². The Morgan fingerprint density at radius 2 is 2.31 bits per heavy atom. The first kappa shape index (κ1) is 8.10. The van der Waals surface area contributed by atoms with Gasteiger partial charge in [-0.1, -0.05) is 6.92 Å². The molecular formula is C10H13N3. The zero-order valence-electron chi connectivity index (χ0n) is 7.91. The molecule has 2 aromatic rings. The number of nitrogens with zero attached hydrogens (tertiary/aromatic N) is 2. The SMILES string of the molecule is CCc1nc2cc(C)ccn2c1N. The van der Waals surface area contributed by atoms with E-state index in [-0.39, 0.29) is 0 Å². The summed E-state index contributed by atoms with van der Waals surface area (Å²) in [6.45, 7) is 4.11. The normalized spacial score (nSPS) is 10.9. The van der Waals surface area contributed by atoms with Crippen molar-refractivity contribution in [1.82, 2.24) is 9.38 Å². The lowest BCUT2D eigenvalue weighted by atomic mass is 10.3. The molecule has 13 heavy (non-hydrogen) atoms. The van der Waals surface area contributed by atoms with E-state index < -0.39 is 0 Å². The smallest absolute Gasteiger partial charge is 0.138 e. The van der Waals surface area contributed by atoms with Crippen LogP contribution in [0.25, 0.3) is 5.65 Å². The molecule has 0 aromatic carbocycles.